The third-order valence-electron chi connectivity index (χ3n) is 3.53. The second-order valence-corrected chi connectivity index (χ2v) is 6.05. The van der Waals surface area contributed by atoms with Gasteiger partial charge in [0.2, 0.25) is 0 Å². The van der Waals surface area contributed by atoms with Gasteiger partial charge in [-0.05, 0) is 57.0 Å². The molecule has 0 saturated heterocycles. The number of hydrogen-bond donors (Lipinski definition) is 1. The summed E-state index contributed by atoms with van der Waals surface area (Å²) in [5.74, 6) is -0.515. The monoisotopic (exact) mass is 347 g/mol. The van der Waals surface area contributed by atoms with E-state index >= 15 is 0 Å². The summed E-state index contributed by atoms with van der Waals surface area (Å²) in [6, 6.07) is 3.65. The number of halogens is 3. The van der Waals surface area contributed by atoms with Gasteiger partial charge in [-0.25, -0.2) is 0 Å². The maximum absolute atomic E-state index is 12.3. The van der Waals surface area contributed by atoms with E-state index in [9.17, 15) is 18.0 Å². The summed E-state index contributed by atoms with van der Waals surface area (Å²) in [5, 5.41) is 8.60. The molecule has 7 heteroatoms. The van der Waals surface area contributed by atoms with E-state index in [0.717, 1.165) is 18.5 Å². The molecule has 1 N–H and O–H groups in total. The van der Waals surface area contributed by atoms with Crippen molar-refractivity contribution in [2.75, 3.05) is 20.2 Å². The van der Waals surface area contributed by atoms with Crippen LogP contribution in [0.4, 0.5) is 13.2 Å². The number of ether oxygens (including phenoxy) is 1. The summed E-state index contributed by atoms with van der Waals surface area (Å²) in [5.41, 5.74) is 2.34. The van der Waals surface area contributed by atoms with Crippen LogP contribution in [0.1, 0.15) is 36.0 Å². The Morgan fingerprint density at radius 1 is 1.21 bits per heavy atom. The van der Waals surface area contributed by atoms with Crippen molar-refractivity contribution in [3.05, 3.63) is 28.8 Å². The van der Waals surface area contributed by atoms with Crippen LogP contribution >= 0.6 is 0 Å². The molecule has 0 aliphatic heterocycles. The van der Waals surface area contributed by atoms with Gasteiger partial charge in [-0.3, -0.25) is 4.79 Å². The number of carboxylic acid groups (broad SMARTS) is 1. The maximum atomic E-state index is 12.3. The Hall–Kier alpha value is -1.76. The molecule has 0 fully saturated rings. The van der Waals surface area contributed by atoms with Crippen LogP contribution in [0.15, 0.2) is 12.1 Å². The highest BCUT2D eigenvalue weighted by Crippen LogP contribution is 2.27. The van der Waals surface area contributed by atoms with E-state index in [-0.39, 0.29) is 12.2 Å². The molecule has 0 aliphatic rings. The average Bonchev–Trinajstić information content (AvgIpc) is 2.41. The second-order valence-electron chi connectivity index (χ2n) is 6.05. The third-order valence-corrected chi connectivity index (χ3v) is 3.53. The van der Waals surface area contributed by atoms with Crippen LogP contribution in [0.2, 0.25) is 0 Å². The van der Waals surface area contributed by atoms with Crippen molar-refractivity contribution in [2.45, 2.75) is 45.8 Å². The molecule has 0 saturated carbocycles. The number of alkyl halides is 3. The Morgan fingerprint density at radius 2 is 1.79 bits per heavy atom. The zero-order valence-corrected chi connectivity index (χ0v) is 14.2. The minimum Gasteiger partial charge on any atom is -0.484 e. The van der Waals surface area contributed by atoms with Crippen molar-refractivity contribution in [1.29, 1.82) is 0 Å². The van der Waals surface area contributed by atoms with Crippen molar-refractivity contribution in [1.82, 2.24) is 4.90 Å². The van der Waals surface area contributed by atoms with Crippen molar-refractivity contribution < 1.29 is 27.8 Å². The first kappa shape index (κ1) is 20.3. The lowest BCUT2D eigenvalue weighted by atomic mass is 10.1. The Bertz CT molecular complexity index is 535. The molecule has 1 aromatic carbocycles. The lowest BCUT2D eigenvalue weighted by Gasteiger charge is -2.19. The molecule has 0 aliphatic carbocycles. The number of carbonyl (C=O) groups is 1. The van der Waals surface area contributed by atoms with E-state index in [1.54, 1.807) is 13.8 Å². The number of benzene rings is 1. The molecule has 0 heterocycles. The molecular formula is C17H24F3NO3. The Morgan fingerprint density at radius 3 is 2.29 bits per heavy atom. The topological polar surface area (TPSA) is 49.8 Å². The number of hydrogen-bond acceptors (Lipinski definition) is 3. The first-order valence-electron chi connectivity index (χ1n) is 7.78. The maximum Gasteiger partial charge on any atom is 0.422 e. The van der Waals surface area contributed by atoms with Crippen molar-refractivity contribution in [2.24, 2.45) is 0 Å². The fourth-order valence-electron chi connectivity index (χ4n) is 2.56. The van der Waals surface area contributed by atoms with Crippen LogP contribution in [0.25, 0.3) is 0 Å². The van der Waals surface area contributed by atoms with Gasteiger partial charge in [-0.2, -0.15) is 13.2 Å². The third kappa shape index (κ3) is 7.68. The molecule has 4 nitrogen and oxygen atoms in total. The fraction of sp³-hybridized carbons (Fsp3) is 0.588. The van der Waals surface area contributed by atoms with Gasteiger partial charge >= 0.3 is 12.1 Å². The van der Waals surface area contributed by atoms with Gasteiger partial charge in [-0.1, -0.05) is 12.1 Å². The largest absolute Gasteiger partial charge is 0.484 e. The molecule has 24 heavy (non-hydrogen) atoms. The van der Waals surface area contributed by atoms with Gasteiger partial charge in [0.1, 0.15) is 5.75 Å². The minimum absolute atomic E-state index is 0.164. The Kier molecular flexibility index (Phi) is 7.54. The smallest absolute Gasteiger partial charge is 0.422 e. The molecular weight excluding hydrogens is 323 g/mol. The molecule has 0 unspecified atom stereocenters. The summed E-state index contributed by atoms with van der Waals surface area (Å²) < 4.78 is 41.8. The molecule has 0 aromatic heterocycles. The molecule has 136 valence electrons. The predicted molar refractivity (Wildman–Crippen MR) is 85.3 cm³/mol. The van der Waals surface area contributed by atoms with Crippen molar-refractivity contribution in [3.8, 4) is 5.75 Å². The van der Waals surface area contributed by atoms with E-state index in [0.29, 0.717) is 24.1 Å². The molecule has 0 radical (unpaired) electrons. The first-order chi connectivity index (χ1) is 11.1. The fourth-order valence-corrected chi connectivity index (χ4v) is 2.56. The van der Waals surface area contributed by atoms with Gasteiger partial charge in [-0.15, -0.1) is 0 Å². The van der Waals surface area contributed by atoms with Gasteiger partial charge in [0, 0.05) is 13.0 Å². The quantitative estimate of drug-likeness (QED) is 0.688. The number of aliphatic carboxylic acids is 1. The molecule has 0 amide bonds. The van der Waals surface area contributed by atoms with Crippen LogP contribution in [-0.2, 0) is 11.3 Å². The summed E-state index contributed by atoms with van der Waals surface area (Å²) >= 11 is 0. The number of nitrogens with zero attached hydrogens (tertiary/aromatic N) is 1. The average molecular weight is 347 g/mol. The van der Waals surface area contributed by atoms with E-state index < -0.39 is 18.8 Å². The molecule has 0 atom stereocenters. The summed E-state index contributed by atoms with van der Waals surface area (Å²) in [4.78, 5) is 12.5. The standard InChI is InChI=1S/C17H24F3NO3/c1-12-8-14(10-21(3)7-5-4-6-15(22)23)9-13(2)16(12)24-11-17(18,19)20/h8-9H,4-7,10-11H2,1-3H3,(H,22,23). The zero-order chi connectivity index (χ0) is 18.3. The number of rotatable bonds is 9. The van der Waals surface area contributed by atoms with Crippen molar-refractivity contribution in [3.63, 3.8) is 0 Å². The highest BCUT2D eigenvalue weighted by molar-refractivity contribution is 5.66. The Balaban J connectivity index is 2.59. The molecule has 0 bridgehead atoms. The number of unbranched alkanes of at least 4 members (excludes halogenated alkanes) is 1. The SMILES string of the molecule is Cc1cc(CN(C)CCCCC(=O)O)cc(C)c1OCC(F)(F)F. The van der Waals surface area contributed by atoms with Crippen LogP contribution < -0.4 is 4.74 Å². The van der Waals surface area contributed by atoms with E-state index in [2.05, 4.69) is 4.90 Å². The summed E-state index contributed by atoms with van der Waals surface area (Å²) in [7, 11) is 1.93. The van der Waals surface area contributed by atoms with E-state index in [1.165, 1.54) is 0 Å². The predicted octanol–water partition coefficient (Wildman–Crippen LogP) is 3.93. The lowest BCUT2D eigenvalue weighted by Crippen LogP contribution is -2.21. The van der Waals surface area contributed by atoms with Crippen LogP contribution in [0, 0.1) is 13.8 Å². The van der Waals surface area contributed by atoms with Crippen LogP contribution in [-0.4, -0.2) is 42.4 Å². The number of aryl methyl sites for hydroxylation is 2. The normalized spacial score (nSPS) is 11.8. The number of carboxylic acids is 1. The van der Waals surface area contributed by atoms with Crippen LogP contribution in [0.3, 0.4) is 0 Å². The van der Waals surface area contributed by atoms with Gasteiger partial charge in [0.15, 0.2) is 6.61 Å². The zero-order valence-electron chi connectivity index (χ0n) is 14.2. The Labute approximate surface area is 140 Å². The second kappa shape index (κ2) is 8.92. The molecule has 1 rings (SSSR count). The minimum atomic E-state index is -4.35. The molecule has 0 spiro atoms. The summed E-state index contributed by atoms with van der Waals surface area (Å²) in [6.45, 7) is 3.58. The van der Waals surface area contributed by atoms with Gasteiger partial charge in [0.05, 0.1) is 0 Å². The van der Waals surface area contributed by atoms with E-state index in [4.69, 9.17) is 9.84 Å². The molecule has 1 aromatic rings. The van der Waals surface area contributed by atoms with Gasteiger partial charge < -0.3 is 14.7 Å². The van der Waals surface area contributed by atoms with Gasteiger partial charge in [0.25, 0.3) is 0 Å². The van der Waals surface area contributed by atoms with Crippen molar-refractivity contribution >= 4 is 5.97 Å². The highest BCUT2D eigenvalue weighted by Gasteiger charge is 2.29. The lowest BCUT2D eigenvalue weighted by molar-refractivity contribution is -0.153. The first-order valence-corrected chi connectivity index (χ1v) is 7.78. The van der Waals surface area contributed by atoms with Crippen LogP contribution in [0.5, 0.6) is 5.75 Å². The summed E-state index contributed by atoms with van der Waals surface area (Å²) in [6.07, 6.45) is -2.78. The van der Waals surface area contributed by atoms with E-state index in [1.807, 2.05) is 19.2 Å². The highest BCUT2D eigenvalue weighted by atomic mass is 19.4.